The highest BCUT2D eigenvalue weighted by Gasteiger charge is 2.09. The standard InChI is InChI=1S/C19H22N4O2/c1-4-25-19(24)22-17-7-5-6-16(14(17)3)20-11-15-12-21-18-10-13(2)8-9-23(15)18/h5-10,12,20H,4,11H2,1-3H3,(H,22,24). The van der Waals surface area contributed by atoms with Crippen LogP contribution in [-0.4, -0.2) is 22.1 Å². The van der Waals surface area contributed by atoms with Gasteiger partial charge >= 0.3 is 6.09 Å². The lowest BCUT2D eigenvalue weighted by Crippen LogP contribution is -2.14. The number of fused-ring (bicyclic) bond motifs is 1. The van der Waals surface area contributed by atoms with Crippen molar-refractivity contribution in [1.82, 2.24) is 9.38 Å². The normalized spacial score (nSPS) is 10.7. The molecule has 25 heavy (non-hydrogen) atoms. The molecular weight excluding hydrogens is 316 g/mol. The van der Waals surface area contributed by atoms with E-state index in [0.717, 1.165) is 28.3 Å². The van der Waals surface area contributed by atoms with Crippen molar-refractivity contribution >= 4 is 23.1 Å². The molecule has 6 nitrogen and oxygen atoms in total. The number of aromatic nitrogens is 2. The number of pyridine rings is 1. The van der Waals surface area contributed by atoms with Crippen molar-refractivity contribution in [3.05, 3.63) is 59.5 Å². The molecular formula is C19H22N4O2. The van der Waals surface area contributed by atoms with E-state index < -0.39 is 6.09 Å². The van der Waals surface area contributed by atoms with Crippen molar-refractivity contribution in [2.24, 2.45) is 0 Å². The number of nitrogens with one attached hydrogen (secondary N) is 2. The Balaban J connectivity index is 1.75. The summed E-state index contributed by atoms with van der Waals surface area (Å²) < 4.78 is 7.00. The van der Waals surface area contributed by atoms with Gasteiger partial charge in [0, 0.05) is 17.6 Å². The fraction of sp³-hybridized carbons (Fsp3) is 0.263. The van der Waals surface area contributed by atoms with E-state index >= 15 is 0 Å². The van der Waals surface area contributed by atoms with Gasteiger partial charge in [0.1, 0.15) is 5.65 Å². The molecule has 0 atom stereocenters. The molecule has 0 fully saturated rings. The first kappa shape index (κ1) is 16.8. The molecule has 0 aliphatic heterocycles. The summed E-state index contributed by atoms with van der Waals surface area (Å²) in [6, 6.07) is 9.86. The molecule has 0 unspecified atom stereocenters. The van der Waals surface area contributed by atoms with Gasteiger partial charge in [-0.05, 0) is 56.2 Å². The van der Waals surface area contributed by atoms with Gasteiger partial charge in [-0.25, -0.2) is 9.78 Å². The highest BCUT2D eigenvalue weighted by Crippen LogP contribution is 2.24. The fourth-order valence-electron chi connectivity index (χ4n) is 2.69. The zero-order valence-electron chi connectivity index (χ0n) is 14.7. The van der Waals surface area contributed by atoms with E-state index in [1.807, 2.05) is 37.5 Å². The summed E-state index contributed by atoms with van der Waals surface area (Å²) in [5, 5.41) is 6.18. The molecule has 0 saturated heterocycles. The molecule has 0 aliphatic rings. The van der Waals surface area contributed by atoms with Crippen LogP contribution in [0.4, 0.5) is 16.2 Å². The number of aryl methyl sites for hydroxylation is 1. The summed E-state index contributed by atoms with van der Waals surface area (Å²) in [5.41, 5.74) is 5.84. The lowest BCUT2D eigenvalue weighted by atomic mass is 10.1. The van der Waals surface area contributed by atoms with Crippen LogP contribution in [0.5, 0.6) is 0 Å². The molecule has 6 heteroatoms. The minimum Gasteiger partial charge on any atom is -0.450 e. The quantitative estimate of drug-likeness (QED) is 0.734. The molecule has 2 aromatic heterocycles. The van der Waals surface area contributed by atoms with Crippen LogP contribution in [-0.2, 0) is 11.3 Å². The van der Waals surface area contributed by atoms with E-state index in [0.29, 0.717) is 13.2 Å². The van der Waals surface area contributed by atoms with Gasteiger partial charge in [0.15, 0.2) is 0 Å². The largest absolute Gasteiger partial charge is 0.450 e. The average molecular weight is 338 g/mol. The van der Waals surface area contributed by atoms with Crippen LogP contribution in [0, 0.1) is 13.8 Å². The van der Waals surface area contributed by atoms with Crippen molar-refractivity contribution in [3.63, 3.8) is 0 Å². The maximum absolute atomic E-state index is 11.6. The van der Waals surface area contributed by atoms with Gasteiger partial charge in [-0.2, -0.15) is 0 Å². The van der Waals surface area contributed by atoms with Crippen LogP contribution < -0.4 is 10.6 Å². The molecule has 0 bridgehead atoms. The summed E-state index contributed by atoms with van der Waals surface area (Å²) in [7, 11) is 0. The summed E-state index contributed by atoms with van der Waals surface area (Å²) in [6.45, 7) is 6.77. The second-order valence-corrected chi connectivity index (χ2v) is 5.86. The first-order valence-electron chi connectivity index (χ1n) is 8.28. The SMILES string of the molecule is CCOC(=O)Nc1cccc(NCc2cnc3cc(C)ccn23)c1C. The van der Waals surface area contributed by atoms with Crippen molar-refractivity contribution in [2.75, 3.05) is 17.2 Å². The Morgan fingerprint density at radius 1 is 1.24 bits per heavy atom. The third-order valence-corrected chi connectivity index (χ3v) is 4.05. The van der Waals surface area contributed by atoms with Crippen LogP contribution >= 0.6 is 0 Å². The number of anilines is 2. The molecule has 2 heterocycles. The van der Waals surface area contributed by atoms with Gasteiger partial charge in [-0.15, -0.1) is 0 Å². The Bertz CT molecular complexity index is 902. The number of benzene rings is 1. The minimum atomic E-state index is -0.445. The molecule has 0 saturated carbocycles. The fourth-order valence-corrected chi connectivity index (χ4v) is 2.69. The molecule has 3 rings (SSSR count). The van der Waals surface area contributed by atoms with Gasteiger partial charge in [0.2, 0.25) is 0 Å². The molecule has 2 N–H and O–H groups in total. The number of nitrogens with zero attached hydrogens (tertiary/aromatic N) is 2. The van der Waals surface area contributed by atoms with Crippen LogP contribution in [0.2, 0.25) is 0 Å². The second-order valence-electron chi connectivity index (χ2n) is 5.86. The van der Waals surface area contributed by atoms with E-state index in [1.165, 1.54) is 5.56 Å². The molecule has 3 aromatic rings. The molecule has 130 valence electrons. The molecule has 1 amide bonds. The number of ether oxygens (including phenoxy) is 1. The summed E-state index contributed by atoms with van der Waals surface area (Å²) in [6.07, 6.45) is 3.46. The Hall–Kier alpha value is -3.02. The maximum atomic E-state index is 11.6. The van der Waals surface area contributed by atoms with E-state index in [1.54, 1.807) is 6.92 Å². The first-order valence-corrected chi connectivity index (χ1v) is 8.28. The number of hydrogen-bond donors (Lipinski definition) is 2. The monoisotopic (exact) mass is 338 g/mol. The van der Waals surface area contributed by atoms with E-state index in [-0.39, 0.29) is 0 Å². The average Bonchev–Trinajstić information content (AvgIpc) is 2.98. The smallest absolute Gasteiger partial charge is 0.411 e. The van der Waals surface area contributed by atoms with E-state index in [4.69, 9.17) is 4.74 Å². The predicted molar refractivity (Wildman–Crippen MR) is 99.1 cm³/mol. The number of rotatable bonds is 5. The number of amides is 1. The van der Waals surface area contributed by atoms with Crippen LogP contribution in [0.15, 0.2) is 42.7 Å². The van der Waals surface area contributed by atoms with Crippen molar-refractivity contribution in [3.8, 4) is 0 Å². The highest BCUT2D eigenvalue weighted by atomic mass is 16.5. The van der Waals surface area contributed by atoms with Gasteiger partial charge in [0.25, 0.3) is 0 Å². The number of imidazole rings is 1. The van der Waals surface area contributed by atoms with Gasteiger partial charge < -0.3 is 14.5 Å². The lowest BCUT2D eigenvalue weighted by Gasteiger charge is -2.14. The third kappa shape index (κ3) is 3.74. The van der Waals surface area contributed by atoms with Gasteiger partial charge in [-0.3, -0.25) is 5.32 Å². The molecule has 1 aromatic carbocycles. The zero-order valence-corrected chi connectivity index (χ0v) is 14.7. The Kier molecular flexibility index (Phi) is 4.88. The van der Waals surface area contributed by atoms with Crippen molar-refractivity contribution in [1.29, 1.82) is 0 Å². The topological polar surface area (TPSA) is 67.7 Å². The Labute approximate surface area is 146 Å². The van der Waals surface area contributed by atoms with Crippen LogP contribution in [0.25, 0.3) is 5.65 Å². The molecule has 0 radical (unpaired) electrons. The lowest BCUT2D eigenvalue weighted by molar-refractivity contribution is 0.168. The summed E-state index contributed by atoms with van der Waals surface area (Å²) in [4.78, 5) is 16.1. The Morgan fingerprint density at radius 2 is 2.04 bits per heavy atom. The number of hydrogen-bond acceptors (Lipinski definition) is 4. The van der Waals surface area contributed by atoms with Crippen molar-refractivity contribution in [2.45, 2.75) is 27.3 Å². The zero-order chi connectivity index (χ0) is 17.8. The Morgan fingerprint density at radius 3 is 2.84 bits per heavy atom. The number of carbonyl (C=O) groups excluding carboxylic acids is 1. The van der Waals surface area contributed by atoms with Crippen LogP contribution in [0.1, 0.15) is 23.7 Å². The molecule has 0 spiro atoms. The second kappa shape index (κ2) is 7.25. The highest BCUT2D eigenvalue weighted by molar-refractivity contribution is 5.87. The third-order valence-electron chi connectivity index (χ3n) is 4.05. The molecule has 0 aliphatic carbocycles. The van der Waals surface area contributed by atoms with E-state index in [2.05, 4.69) is 39.1 Å². The minimum absolute atomic E-state index is 0.344. The van der Waals surface area contributed by atoms with E-state index in [9.17, 15) is 4.79 Å². The van der Waals surface area contributed by atoms with Gasteiger partial charge in [-0.1, -0.05) is 6.07 Å². The van der Waals surface area contributed by atoms with Crippen LogP contribution in [0.3, 0.4) is 0 Å². The predicted octanol–water partition coefficient (Wildman–Crippen LogP) is 4.13. The summed E-state index contributed by atoms with van der Waals surface area (Å²) >= 11 is 0. The maximum Gasteiger partial charge on any atom is 0.411 e. The first-order chi connectivity index (χ1) is 12.1. The number of carbonyl (C=O) groups is 1. The summed E-state index contributed by atoms with van der Waals surface area (Å²) in [5.74, 6) is 0. The van der Waals surface area contributed by atoms with Gasteiger partial charge in [0.05, 0.1) is 25.0 Å². The van der Waals surface area contributed by atoms with Crippen molar-refractivity contribution < 1.29 is 9.53 Å².